The molecule has 1 aromatic carbocycles. The van der Waals surface area contributed by atoms with Gasteiger partial charge in [-0.2, -0.15) is 0 Å². The van der Waals surface area contributed by atoms with Crippen LogP contribution >= 0.6 is 0 Å². The zero-order chi connectivity index (χ0) is 33.7. The van der Waals surface area contributed by atoms with Crippen molar-refractivity contribution in [2.24, 2.45) is 17.5 Å². The Balaban J connectivity index is 2.11. The van der Waals surface area contributed by atoms with E-state index in [1.165, 1.54) is 16.1 Å². The monoisotopic (exact) mass is 632 g/mol. The maximum absolute atomic E-state index is 13.8. The normalized spacial score (nSPS) is 18.5. The molecule has 15 nitrogen and oxygen atoms in total. The minimum Gasteiger partial charge on any atom is -0.487 e. The molecule has 1 aliphatic rings. The van der Waals surface area contributed by atoms with Crippen LogP contribution in [0, 0.1) is 5.92 Å². The van der Waals surface area contributed by atoms with Crippen molar-refractivity contribution in [1.82, 2.24) is 31.2 Å². The summed E-state index contributed by atoms with van der Waals surface area (Å²) in [5.74, 6) is 4.83. The number of hydrazine groups is 1. The molecule has 1 heterocycles. The molecule has 0 aliphatic carbocycles. The van der Waals surface area contributed by atoms with Gasteiger partial charge in [0.05, 0.1) is 17.8 Å². The fraction of sp³-hybridized carbons (Fsp3) is 0.567. The van der Waals surface area contributed by atoms with Gasteiger partial charge in [-0.15, -0.1) is 0 Å². The van der Waals surface area contributed by atoms with Crippen molar-refractivity contribution in [2.45, 2.75) is 77.2 Å². The molecular weight excluding hydrogens is 584 g/mol. The van der Waals surface area contributed by atoms with Crippen LogP contribution in [0.3, 0.4) is 0 Å². The first-order valence-corrected chi connectivity index (χ1v) is 15.0. The Morgan fingerprint density at radius 2 is 1.82 bits per heavy atom. The first-order valence-electron chi connectivity index (χ1n) is 15.0. The number of carboxylic acid groups (broad SMARTS) is 1. The second-order valence-corrected chi connectivity index (χ2v) is 11.5. The maximum Gasteiger partial charge on any atom is 0.326 e. The summed E-state index contributed by atoms with van der Waals surface area (Å²) in [7, 11) is 1.66. The number of carboxylic acids is 1. The van der Waals surface area contributed by atoms with E-state index in [4.69, 9.17) is 16.3 Å². The van der Waals surface area contributed by atoms with Crippen LogP contribution < -0.4 is 37.6 Å². The van der Waals surface area contributed by atoms with Crippen molar-refractivity contribution >= 4 is 30.1 Å². The van der Waals surface area contributed by atoms with Crippen LogP contribution in [0.25, 0.3) is 0 Å². The summed E-state index contributed by atoms with van der Waals surface area (Å²) in [5, 5.41) is 21.3. The molecule has 15 heteroatoms. The third-order valence-corrected chi connectivity index (χ3v) is 7.44. The predicted molar refractivity (Wildman–Crippen MR) is 167 cm³/mol. The van der Waals surface area contributed by atoms with Gasteiger partial charge in [0.25, 0.3) is 0 Å². The molecule has 0 radical (unpaired) electrons. The number of nitrogens with two attached hydrogens (primary N) is 2. The van der Waals surface area contributed by atoms with Gasteiger partial charge in [0.15, 0.2) is 0 Å². The van der Waals surface area contributed by atoms with Gasteiger partial charge in [0, 0.05) is 32.1 Å². The van der Waals surface area contributed by atoms with E-state index in [2.05, 4.69) is 21.3 Å². The fourth-order valence-electron chi connectivity index (χ4n) is 4.89. The predicted octanol–water partition coefficient (Wildman–Crippen LogP) is -0.973. The number of likely N-dealkylation sites (tertiary alicyclic amines) is 1. The van der Waals surface area contributed by atoms with Crippen molar-refractivity contribution in [1.29, 1.82) is 0 Å². The number of rotatable bonds is 18. The topological polar surface area (TPSA) is 221 Å². The largest absolute Gasteiger partial charge is 0.487 e. The molecule has 5 atom stereocenters. The SMILES string of the molecule is CCNC(=O)C1CC(N(N)/C=C(\N)COc2ccc(CC(NC=O)C(=O)O)cc2)CN1C(=O)C(CC(C)C)NC(=O)C(C)NC. The van der Waals surface area contributed by atoms with Crippen molar-refractivity contribution in [3.63, 3.8) is 0 Å². The van der Waals surface area contributed by atoms with Crippen LogP contribution in [0.2, 0.25) is 0 Å². The number of nitrogens with one attached hydrogen (secondary N) is 4. The van der Waals surface area contributed by atoms with Crippen LogP contribution in [-0.2, 0) is 30.4 Å². The number of carbonyl (C=O) groups is 5. The molecule has 9 N–H and O–H groups in total. The van der Waals surface area contributed by atoms with Gasteiger partial charge in [0.2, 0.25) is 24.1 Å². The quantitative estimate of drug-likeness (QED) is 0.0592. The maximum atomic E-state index is 13.8. The summed E-state index contributed by atoms with van der Waals surface area (Å²) in [6, 6.07) is 3.11. The summed E-state index contributed by atoms with van der Waals surface area (Å²) in [6.45, 7) is 7.92. The molecule has 1 aliphatic heterocycles. The molecule has 0 spiro atoms. The number of likely N-dealkylation sites (N-methyl/N-ethyl adjacent to an activating group) is 2. The number of aliphatic carboxylic acids is 1. The Hall–Kier alpha value is -4.37. The van der Waals surface area contributed by atoms with E-state index < -0.39 is 36.2 Å². The van der Waals surface area contributed by atoms with Gasteiger partial charge in [-0.1, -0.05) is 26.0 Å². The Labute approximate surface area is 264 Å². The average molecular weight is 633 g/mol. The fourth-order valence-corrected chi connectivity index (χ4v) is 4.89. The van der Waals surface area contributed by atoms with Crippen LogP contribution in [0.1, 0.15) is 46.1 Å². The lowest BCUT2D eigenvalue weighted by Gasteiger charge is -2.30. The molecule has 1 aromatic rings. The summed E-state index contributed by atoms with van der Waals surface area (Å²) in [5.41, 5.74) is 7.16. The molecule has 5 unspecified atom stereocenters. The van der Waals surface area contributed by atoms with E-state index in [1.807, 2.05) is 13.8 Å². The van der Waals surface area contributed by atoms with Gasteiger partial charge in [0.1, 0.15) is 30.5 Å². The lowest BCUT2D eigenvalue weighted by Crippen LogP contribution is -2.56. The highest BCUT2D eigenvalue weighted by Crippen LogP contribution is 2.24. The van der Waals surface area contributed by atoms with E-state index in [1.54, 1.807) is 45.2 Å². The number of amides is 4. The van der Waals surface area contributed by atoms with E-state index in [9.17, 15) is 29.1 Å². The molecule has 250 valence electrons. The first kappa shape index (κ1) is 36.8. The summed E-state index contributed by atoms with van der Waals surface area (Å²) in [6.07, 6.45) is 2.61. The Morgan fingerprint density at radius 3 is 2.38 bits per heavy atom. The number of carbonyl (C=O) groups excluding carboxylic acids is 4. The third kappa shape index (κ3) is 11.2. The van der Waals surface area contributed by atoms with Crippen molar-refractivity contribution in [3.8, 4) is 5.75 Å². The zero-order valence-corrected chi connectivity index (χ0v) is 26.6. The molecule has 0 saturated carbocycles. The molecule has 45 heavy (non-hydrogen) atoms. The van der Waals surface area contributed by atoms with Crippen LogP contribution in [0.5, 0.6) is 5.75 Å². The van der Waals surface area contributed by atoms with Crippen LogP contribution in [-0.4, -0.2) is 102 Å². The Kier molecular flexibility index (Phi) is 14.6. The molecule has 2 rings (SSSR count). The summed E-state index contributed by atoms with van der Waals surface area (Å²) in [4.78, 5) is 62.8. The summed E-state index contributed by atoms with van der Waals surface area (Å²) >= 11 is 0. The Morgan fingerprint density at radius 1 is 1.16 bits per heavy atom. The lowest BCUT2D eigenvalue weighted by molar-refractivity contribution is -0.142. The molecule has 4 amide bonds. The van der Waals surface area contributed by atoms with Gasteiger partial charge in [-0.25, -0.2) is 10.6 Å². The number of nitrogens with zero attached hydrogens (tertiary/aromatic N) is 2. The molecule has 0 bridgehead atoms. The molecule has 1 fully saturated rings. The molecule has 0 aromatic heterocycles. The third-order valence-electron chi connectivity index (χ3n) is 7.44. The number of benzene rings is 1. The van der Waals surface area contributed by atoms with E-state index in [-0.39, 0.29) is 55.3 Å². The summed E-state index contributed by atoms with van der Waals surface area (Å²) < 4.78 is 5.73. The van der Waals surface area contributed by atoms with Gasteiger partial charge in [-0.3, -0.25) is 19.2 Å². The lowest BCUT2D eigenvalue weighted by atomic mass is 10.0. The van der Waals surface area contributed by atoms with E-state index in [0.717, 1.165) is 0 Å². The second-order valence-electron chi connectivity index (χ2n) is 11.5. The number of ether oxygens (including phenoxy) is 1. The van der Waals surface area contributed by atoms with E-state index >= 15 is 0 Å². The van der Waals surface area contributed by atoms with E-state index in [0.29, 0.717) is 30.7 Å². The minimum absolute atomic E-state index is 0.0151. The number of hydrogen-bond donors (Lipinski definition) is 7. The van der Waals surface area contributed by atoms with Crippen LogP contribution in [0.15, 0.2) is 36.2 Å². The molecular formula is C30H48N8O7. The van der Waals surface area contributed by atoms with Crippen molar-refractivity contribution < 1.29 is 33.8 Å². The average Bonchev–Trinajstić information content (AvgIpc) is 3.45. The molecule has 1 saturated heterocycles. The van der Waals surface area contributed by atoms with Gasteiger partial charge < -0.3 is 46.8 Å². The highest BCUT2D eigenvalue weighted by Gasteiger charge is 2.43. The smallest absolute Gasteiger partial charge is 0.326 e. The van der Waals surface area contributed by atoms with Gasteiger partial charge in [-0.05, 0) is 50.9 Å². The first-order chi connectivity index (χ1) is 21.3. The standard InChI is InChI=1S/C30H48N8O7/c1-6-34-28(41)26-13-22(15-37(26)29(42)24(11-18(2)3)36-27(40)19(4)33-5)38(32)14-21(31)16-45-23-9-7-20(8-10-23)12-25(30(43)44)35-17-39/h7-10,14,17-19,22,24-26,33H,6,11-13,15-16,31-32H2,1-5H3,(H,34,41)(H,35,39)(H,36,40)(H,43,44)/b21-14-. The highest BCUT2D eigenvalue weighted by molar-refractivity contribution is 5.93. The highest BCUT2D eigenvalue weighted by atomic mass is 16.5. The van der Waals surface area contributed by atoms with Gasteiger partial charge >= 0.3 is 5.97 Å². The van der Waals surface area contributed by atoms with Crippen LogP contribution in [0.4, 0.5) is 0 Å². The number of hydrogen-bond acceptors (Lipinski definition) is 10. The van der Waals surface area contributed by atoms with Crippen molar-refractivity contribution in [3.05, 3.63) is 41.7 Å². The zero-order valence-electron chi connectivity index (χ0n) is 26.6. The van der Waals surface area contributed by atoms with Crippen molar-refractivity contribution in [2.75, 3.05) is 26.7 Å². The minimum atomic E-state index is -1.14. The Bertz CT molecular complexity index is 1190. The second kappa shape index (κ2) is 17.8.